The number of ether oxygens (including phenoxy) is 1. The van der Waals surface area contributed by atoms with E-state index in [2.05, 4.69) is 0 Å². The fraction of sp³-hybridized carbons (Fsp3) is 0.133. The van der Waals surface area contributed by atoms with Crippen molar-refractivity contribution >= 4 is 17.4 Å². The van der Waals surface area contributed by atoms with Crippen molar-refractivity contribution in [2.24, 2.45) is 0 Å². The highest BCUT2D eigenvalue weighted by Crippen LogP contribution is 2.15. The summed E-state index contributed by atoms with van der Waals surface area (Å²) in [6, 6.07) is 16.6. The van der Waals surface area contributed by atoms with Crippen molar-refractivity contribution in [3.05, 3.63) is 65.2 Å². The smallest absolute Gasteiger partial charge is 0.174 e. The molecule has 2 rings (SSSR count). The van der Waals surface area contributed by atoms with E-state index in [0.717, 1.165) is 5.56 Å². The number of carbonyl (C=O) groups is 1. The van der Waals surface area contributed by atoms with Crippen LogP contribution in [-0.4, -0.2) is 12.4 Å². The average molecular weight is 261 g/mol. The van der Waals surface area contributed by atoms with Gasteiger partial charge in [-0.05, 0) is 29.8 Å². The van der Waals surface area contributed by atoms with E-state index in [1.807, 2.05) is 30.3 Å². The van der Waals surface area contributed by atoms with Crippen molar-refractivity contribution in [3.8, 4) is 5.75 Å². The molecule has 0 saturated carbocycles. The summed E-state index contributed by atoms with van der Waals surface area (Å²) in [4.78, 5) is 11.7. The number of rotatable bonds is 5. The summed E-state index contributed by atoms with van der Waals surface area (Å²) in [5.74, 6) is 0.706. The number of hydrogen-bond donors (Lipinski definition) is 0. The summed E-state index contributed by atoms with van der Waals surface area (Å²) in [7, 11) is 0. The monoisotopic (exact) mass is 260 g/mol. The van der Waals surface area contributed by atoms with Crippen LogP contribution in [0.2, 0.25) is 5.02 Å². The summed E-state index contributed by atoms with van der Waals surface area (Å²) in [6.07, 6.45) is 0.397. The third-order valence-electron chi connectivity index (χ3n) is 2.46. The molecule has 0 heterocycles. The molecule has 0 spiro atoms. The van der Waals surface area contributed by atoms with Crippen LogP contribution in [0.15, 0.2) is 54.6 Å². The SMILES string of the molecule is O=C(COc1ccc(Cl)cc1)Cc1ccccc1. The van der Waals surface area contributed by atoms with E-state index in [9.17, 15) is 4.79 Å². The van der Waals surface area contributed by atoms with Crippen molar-refractivity contribution in [2.45, 2.75) is 6.42 Å². The fourth-order valence-electron chi connectivity index (χ4n) is 1.57. The van der Waals surface area contributed by atoms with Crippen molar-refractivity contribution in [3.63, 3.8) is 0 Å². The van der Waals surface area contributed by atoms with Crippen LogP contribution < -0.4 is 4.74 Å². The molecule has 0 aliphatic carbocycles. The minimum atomic E-state index is 0.0520. The lowest BCUT2D eigenvalue weighted by atomic mass is 10.1. The van der Waals surface area contributed by atoms with Crippen LogP contribution in [0.5, 0.6) is 5.75 Å². The van der Waals surface area contributed by atoms with Crippen molar-refractivity contribution in [1.82, 2.24) is 0 Å². The fourth-order valence-corrected chi connectivity index (χ4v) is 1.70. The molecule has 0 atom stereocenters. The van der Waals surface area contributed by atoms with E-state index in [0.29, 0.717) is 17.2 Å². The standard InChI is InChI=1S/C15H13ClO2/c16-13-6-8-15(9-7-13)18-11-14(17)10-12-4-2-1-3-5-12/h1-9H,10-11H2. The molecular formula is C15H13ClO2. The first-order chi connectivity index (χ1) is 8.74. The van der Waals surface area contributed by atoms with E-state index in [1.54, 1.807) is 24.3 Å². The van der Waals surface area contributed by atoms with Crippen LogP contribution in [0.4, 0.5) is 0 Å². The van der Waals surface area contributed by atoms with Crippen LogP contribution in [0.1, 0.15) is 5.56 Å². The topological polar surface area (TPSA) is 26.3 Å². The van der Waals surface area contributed by atoms with Gasteiger partial charge >= 0.3 is 0 Å². The molecule has 0 radical (unpaired) electrons. The maximum absolute atomic E-state index is 11.7. The average Bonchev–Trinajstić information content (AvgIpc) is 2.39. The van der Waals surface area contributed by atoms with Gasteiger partial charge in [0, 0.05) is 11.4 Å². The Bertz CT molecular complexity index is 506. The molecule has 0 aromatic heterocycles. The predicted octanol–water partition coefficient (Wildman–Crippen LogP) is 3.53. The molecule has 0 amide bonds. The summed E-state index contributed by atoms with van der Waals surface area (Å²) in [6.45, 7) is 0.0799. The Morgan fingerprint density at radius 3 is 2.33 bits per heavy atom. The van der Waals surface area contributed by atoms with Gasteiger partial charge in [0.15, 0.2) is 5.78 Å². The molecule has 2 nitrogen and oxygen atoms in total. The molecule has 0 N–H and O–H groups in total. The molecule has 92 valence electrons. The molecule has 18 heavy (non-hydrogen) atoms. The van der Waals surface area contributed by atoms with Crippen LogP contribution in [0.25, 0.3) is 0 Å². The van der Waals surface area contributed by atoms with Gasteiger partial charge in [-0.3, -0.25) is 4.79 Å². The van der Waals surface area contributed by atoms with Gasteiger partial charge in [-0.2, -0.15) is 0 Å². The summed E-state index contributed by atoms with van der Waals surface area (Å²) in [5.41, 5.74) is 1.00. The molecule has 0 aliphatic heterocycles. The normalized spacial score (nSPS) is 10.1. The zero-order valence-corrected chi connectivity index (χ0v) is 10.6. The van der Waals surface area contributed by atoms with Crippen molar-refractivity contribution < 1.29 is 9.53 Å². The first kappa shape index (κ1) is 12.7. The van der Waals surface area contributed by atoms with Gasteiger partial charge in [0.1, 0.15) is 12.4 Å². The molecule has 2 aromatic carbocycles. The number of Topliss-reactive ketones (excluding diaryl/α,β-unsaturated/α-hetero) is 1. The van der Waals surface area contributed by atoms with Crippen LogP contribution in [0.3, 0.4) is 0 Å². The van der Waals surface area contributed by atoms with Gasteiger partial charge < -0.3 is 4.74 Å². The van der Waals surface area contributed by atoms with Crippen molar-refractivity contribution in [1.29, 1.82) is 0 Å². The Hall–Kier alpha value is -1.80. The first-order valence-corrected chi connectivity index (χ1v) is 6.06. The van der Waals surface area contributed by atoms with Crippen LogP contribution in [0, 0.1) is 0 Å². The van der Waals surface area contributed by atoms with Gasteiger partial charge in [-0.15, -0.1) is 0 Å². The highest BCUT2D eigenvalue weighted by atomic mass is 35.5. The molecule has 2 aromatic rings. The Kier molecular flexibility index (Phi) is 4.37. The number of halogens is 1. The first-order valence-electron chi connectivity index (χ1n) is 5.68. The lowest BCUT2D eigenvalue weighted by Crippen LogP contribution is -2.13. The maximum atomic E-state index is 11.7. The Balaban J connectivity index is 1.83. The third-order valence-corrected chi connectivity index (χ3v) is 2.71. The largest absolute Gasteiger partial charge is 0.486 e. The minimum absolute atomic E-state index is 0.0520. The highest BCUT2D eigenvalue weighted by Gasteiger charge is 2.04. The number of carbonyl (C=O) groups excluding carboxylic acids is 1. The van der Waals surface area contributed by atoms with E-state index in [4.69, 9.17) is 16.3 Å². The summed E-state index contributed by atoms with van der Waals surface area (Å²) in [5, 5.41) is 0.651. The molecule has 0 saturated heterocycles. The second-order valence-corrected chi connectivity index (χ2v) is 4.38. The van der Waals surface area contributed by atoms with Gasteiger partial charge in [0.25, 0.3) is 0 Å². The quantitative estimate of drug-likeness (QED) is 0.822. The molecule has 3 heteroatoms. The molecule has 0 bridgehead atoms. The van der Waals surface area contributed by atoms with Gasteiger partial charge in [0.2, 0.25) is 0 Å². The lowest BCUT2D eigenvalue weighted by molar-refractivity contribution is -0.120. The Labute approximate surface area is 111 Å². The Morgan fingerprint density at radius 1 is 1.00 bits per heavy atom. The summed E-state index contributed by atoms with van der Waals surface area (Å²) >= 11 is 5.76. The van der Waals surface area contributed by atoms with Crippen LogP contribution in [-0.2, 0) is 11.2 Å². The van der Waals surface area contributed by atoms with Crippen LogP contribution >= 0.6 is 11.6 Å². The van der Waals surface area contributed by atoms with Gasteiger partial charge in [0.05, 0.1) is 0 Å². The third kappa shape index (κ3) is 3.90. The van der Waals surface area contributed by atoms with E-state index in [-0.39, 0.29) is 12.4 Å². The molecule has 0 fully saturated rings. The molecular weight excluding hydrogens is 248 g/mol. The maximum Gasteiger partial charge on any atom is 0.174 e. The van der Waals surface area contributed by atoms with E-state index < -0.39 is 0 Å². The van der Waals surface area contributed by atoms with E-state index in [1.165, 1.54) is 0 Å². The molecule has 0 unspecified atom stereocenters. The second-order valence-electron chi connectivity index (χ2n) is 3.94. The lowest BCUT2D eigenvalue weighted by Gasteiger charge is -2.05. The number of hydrogen-bond acceptors (Lipinski definition) is 2. The zero-order valence-electron chi connectivity index (χ0n) is 9.80. The summed E-state index contributed by atoms with van der Waals surface area (Å²) < 4.78 is 5.39. The minimum Gasteiger partial charge on any atom is -0.486 e. The second kappa shape index (κ2) is 6.22. The predicted molar refractivity (Wildman–Crippen MR) is 72.1 cm³/mol. The number of ketones is 1. The van der Waals surface area contributed by atoms with Gasteiger partial charge in [-0.25, -0.2) is 0 Å². The number of benzene rings is 2. The van der Waals surface area contributed by atoms with Crippen molar-refractivity contribution in [2.75, 3.05) is 6.61 Å². The van der Waals surface area contributed by atoms with Gasteiger partial charge in [-0.1, -0.05) is 41.9 Å². The highest BCUT2D eigenvalue weighted by molar-refractivity contribution is 6.30. The molecule has 0 aliphatic rings. The Morgan fingerprint density at radius 2 is 1.67 bits per heavy atom. The van der Waals surface area contributed by atoms with E-state index >= 15 is 0 Å². The zero-order chi connectivity index (χ0) is 12.8.